The largest absolute Gasteiger partial charge is 0.368 e. The number of halogens is 1. The highest BCUT2D eigenvalue weighted by Gasteiger charge is 2.46. The highest BCUT2D eigenvalue weighted by molar-refractivity contribution is 6.02. The van der Waals surface area contributed by atoms with Gasteiger partial charge in [0.1, 0.15) is 11.4 Å². The van der Waals surface area contributed by atoms with Crippen molar-refractivity contribution in [3.8, 4) is 0 Å². The van der Waals surface area contributed by atoms with Gasteiger partial charge >= 0.3 is 0 Å². The average molecular weight is 371 g/mol. The van der Waals surface area contributed by atoms with Gasteiger partial charge in [-0.15, -0.1) is 0 Å². The smallest absolute Gasteiger partial charge is 0.255 e. The van der Waals surface area contributed by atoms with Crippen LogP contribution in [0.2, 0.25) is 0 Å². The van der Waals surface area contributed by atoms with Crippen LogP contribution in [0.1, 0.15) is 26.2 Å². The summed E-state index contributed by atoms with van der Waals surface area (Å²) in [6.45, 7) is 5.83. The first-order valence-electron chi connectivity index (χ1n) is 9.73. The van der Waals surface area contributed by atoms with E-state index in [1.807, 2.05) is 21.8 Å². The Balaban J connectivity index is 1.74. The van der Waals surface area contributed by atoms with Gasteiger partial charge in [-0.25, -0.2) is 4.39 Å². The van der Waals surface area contributed by atoms with Crippen molar-refractivity contribution < 1.29 is 9.18 Å². The summed E-state index contributed by atoms with van der Waals surface area (Å²) in [5.74, 6) is -0.218. The average Bonchev–Trinajstić information content (AvgIpc) is 3.24. The Hall–Kier alpha value is -2.41. The third kappa shape index (κ3) is 3.10. The first-order chi connectivity index (χ1) is 13.2. The summed E-state index contributed by atoms with van der Waals surface area (Å²) >= 11 is 0. The number of rotatable bonds is 4. The molecule has 3 heterocycles. The summed E-state index contributed by atoms with van der Waals surface area (Å²) in [6.07, 6.45) is 5.97. The van der Waals surface area contributed by atoms with Gasteiger partial charge in [0.2, 0.25) is 0 Å². The van der Waals surface area contributed by atoms with E-state index in [0.29, 0.717) is 25.9 Å². The number of nitrogens with zero attached hydrogens (tertiary/aromatic N) is 4. The lowest BCUT2D eigenvalue weighted by atomic mass is 9.86. The molecular weight excluding hydrogens is 345 g/mol. The molecule has 2 aromatic rings. The standard InChI is InChI=1S/C20H26FN5O/c1-2-11-24-13-14-25(17-5-4-16(21)15-18(17)24)19(27)20(6-9-22-10-7-20)26-12-3-8-23-26/h3-5,8,12,15,22H,2,6-7,9-11,13-14H2,1H3. The van der Waals surface area contributed by atoms with Gasteiger partial charge in [-0.05, 0) is 56.6 Å². The highest BCUT2D eigenvalue weighted by atomic mass is 19.1. The molecule has 27 heavy (non-hydrogen) atoms. The van der Waals surface area contributed by atoms with Crippen LogP contribution in [0.5, 0.6) is 0 Å². The molecule has 1 aromatic carbocycles. The lowest BCUT2D eigenvalue weighted by molar-refractivity contribution is -0.129. The lowest BCUT2D eigenvalue weighted by Crippen LogP contribution is -2.58. The van der Waals surface area contributed by atoms with Gasteiger partial charge in [0.25, 0.3) is 5.91 Å². The molecule has 6 nitrogen and oxygen atoms in total. The van der Waals surface area contributed by atoms with Gasteiger partial charge in [0.05, 0.1) is 11.4 Å². The number of carbonyl (C=O) groups is 1. The number of piperidine rings is 1. The molecule has 0 saturated carbocycles. The van der Waals surface area contributed by atoms with Gasteiger partial charge in [-0.1, -0.05) is 6.92 Å². The van der Waals surface area contributed by atoms with E-state index in [4.69, 9.17) is 0 Å². The van der Waals surface area contributed by atoms with Crippen molar-refractivity contribution in [3.63, 3.8) is 0 Å². The number of fused-ring (bicyclic) bond motifs is 1. The van der Waals surface area contributed by atoms with E-state index in [1.54, 1.807) is 18.3 Å². The maximum atomic E-state index is 13.9. The maximum absolute atomic E-state index is 13.9. The summed E-state index contributed by atoms with van der Waals surface area (Å²) in [5, 5.41) is 7.75. The van der Waals surface area contributed by atoms with Gasteiger partial charge in [0, 0.05) is 32.0 Å². The molecule has 0 radical (unpaired) electrons. The van der Waals surface area contributed by atoms with Crippen molar-refractivity contribution >= 4 is 17.3 Å². The summed E-state index contributed by atoms with van der Waals surface area (Å²) in [6, 6.07) is 6.59. The molecule has 2 aliphatic heterocycles. The fourth-order valence-corrected chi connectivity index (χ4v) is 4.31. The topological polar surface area (TPSA) is 53.4 Å². The molecule has 2 aliphatic rings. The van der Waals surface area contributed by atoms with E-state index < -0.39 is 5.54 Å². The van der Waals surface area contributed by atoms with E-state index in [-0.39, 0.29) is 11.7 Å². The van der Waals surface area contributed by atoms with Crippen molar-refractivity contribution in [3.05, 3.63) is 42.5 Å². The Morgan fingerprint density at radius 3 is 2.78 bits per heavy atom. The van der Waals surface area contributed by atoms with Crippen LogP contribution >= 0.6 is 0 Å². The van der Waals surface area contributed by atoms with Crippen LogP contribution in [0.25, 0.3) is 0 Å². The number of amides is 1. The third-order valence-electron chi connectivity index (χ3n) is 5.67. The first kappa shape index (κ1) is 18.0. The predicted octanol–water partition coefficient (Wildman–Crippen LogP) is 2.36. The zero-order chi connectivity index (χ0) is 18.9. The van der Waals surface area contributed by atoms with Gasteiger partial charge in [-0.3, -0.25) is 9.48 Å². The minimum atomic E-state index is -0.687. The molecule has 1 amide bonds. The number of nitrogens with one attached hydrogen (secondary N) is 1. The van der Waals surface area contributed by atoms with Gasteiger partial charge in [-0.2, -0.15) is 5.10 Å². The molecular formula is C20H26FN5O. The summed E-state index contributed by atoms with van der Waals surface area (Å²) in [7, 11) is 0. The van der Waals surface area contributed by atoms with Crippen LogP contribution in [-0.2, 0) is 10.3 Å². The van der Waals surface area contributed by atoms with Crippen LogP contribution in [-0.4, -0.2) is 48.4 Å². The fourth-order valence-electron chi connectivity index (χ4n) is 4.31. The molecule has 1 aromatic heterocycles. The molecule has 0 bridgehead atoms. The third-order valence-corrected chi connectivity index (χ3v) is 5.67. The van der Waals surface area contributed by atoms with E-state index in [1.165, 1.54) is 6.07 Å². The van der Waals surface area contributed by atoms with Crippen molar-refractivity contribution in [1.29, 1.82) is 0 Å². The first-order valence-corrected chi connectivity index (χ1v) is 9.73. The van der Waals surface area contributed by atoms with Crippen LogP contribution < -0.4 is 15.1 Å². The molecule has 0 atom stereocenters. The van der Waals surface area contributed by atoms with Crippen LogP contribution in [0.15, 0.2) is 36.7 Å². The van der Waals surface area contributed by atoms with Gasteiger partial charge < -0.3 is 15.1 Å². The Kier molecular flexibility index (Phi) is 4.86. The lowest BCUT2D eigenvalue weighted by Gasteiger charge is -2.44. The van der Waals surface area contributed by atoms with Crippen LogP contribution in [0.4, 0.5) is 15.8 Å². The number of carbonyl (C=O) groups excluding carboxylic acids is 1. The summed E-state index contributed by atoms with van der Waals surface area (Å²) in [4.78, 5) is 17.8. The number of hydrogen-bond acceptors (Lipinski definition) is 4. The molecule has 0 spiro atoms. The number of benzene rings is 1. The van der Waals surface area contributed by atoms with Crippen molar-refractivity contribution in [1.82, 2.24) is 15.1 Å². The maximum Gasteiger partial charge on any atom is 0.255 e. The van der Waals surface area contributed by atoms with Gasteiger partial charge in [0.15, 0.2) is 0 Å². The minimum absolute atomic E-state index is 0.0525. The monoisotopic (exact) mass is 371 g/mol. The molecule has 0 unspecified atom stereocenters. The quantitative estimate of drug-likeness (QED) is 0.897. The fraction of sp³-hybridized carbons (Fsp3) is 0.500. The van der Waals surface area contributed by atoms with Crippen molar-refractivity contribution in [2.45, 2.75) is 31.7 Å². The summed E-state index contributed by atoms with van der Waals surface area (Å²) < 4.78 is 15.8. The van der Waals surface area contributed by atoms with E-state index in [9.17, 15) is 9.18 Å². The Morgan fingerprint density at radius 1 is 1.26 bits per heavy atom. The summed E-state index contributed by atoms with van der Waals surface area (Å²) in [5.41, 5.74) is 0.917. The molecule has 1 N–H and O–H groups in total. The SMILES string of the molecule is CCCN1CCN(C(=O)C2(n3cccn3)CCNCC2)c2ccc(F)cc21. The van der Waals surface area contributed by atoms with E-state index in [2.05, 4.69) is 22.2 Å². The van der Waals surface area contributed by atoms with Crippen molar-refractivity contribution in [2.75, 3.05) is 42.5 Å². The zero-order valence-electron chi connectivity index (χ0n) is 15.7. The number of hydrogen-bond donors (Lipinski definition) is 1. The molecule has 7 heteroatoms. The molecule has 1 saturated heterocycles. The molecule has 4 rings (SSSR count). The van der Waals surface area contributed by atoms with Crippen LogP contribution in [0.3, 0.4) is 0 Å². The molecule has 0 aliphatic carbocycles. The minimum Gasteiger partial charge on any atom is -0.368 e. The normalized spacial score (nSPS) is 19.0. The highest BCUT2D eigenvalue weighted by Crippen LogP contribution is 2.38. The number of aromatic nitrogens is 2. The molecule has 144 valence electrons. The van der Waals surface area contributed by atoms with E-state index >= 15 is 0 Å². The van der Waals surface area contributed by atoms with Crippen LogP contribution in [0, 0.1) is 5.82 Å². The second-order valence-corrected chi connectivity index (χ2v) is 7.31. The predicted molar refractivity (Wildman–Crippen MR) is 104 cm³/mol. The zero-order valence-corrected chi connectivity index (χ0v) is 15.7. The second kappa shape index (κ2) is 7.31. The van der Waals surface area contributed by atoms with Crippen molar-refractivity contribution in [2.24, 2.45) is 0 Å². The Morgan fingerprint density at radius 2 is 2.07 bits per heavy atom. The van der Waals surface area contributed by atoms with E-state index in [0.717, 1.165) is 37.4 Å². The Bertz CT molecular complexity index is 801. The number of anilines is 2. The Labute approximate surface area is 158 Å². The molecule has 1 fully saturated rings. The second-order valence-electron chi connectivity index (χ2n) is 7.31.